The normalized spacial score (nSPS) is 15.9. The minimum atomic E-state index is -4.02. The number of halogens is 10. The highest BCUT2D eigenvalue weighted by Gasteiger charge is 2.41. The van der Waals surface area contributed by atoms with E-state index < -0.39 is 47.9 Å². The maximum absolute atomic E-state index is 13.3. The van der Waals surface area contributed by atoms with Crippen LogP contribution in [0.15, 0.2) is 0 Å². The van der Waals surface area contributed by atoms with Crippen molar-refractivity contribution < 1.29 is 53.7 Å². The monoisotopic (exact) mass is 811 g/mol. The molecule has 1 N–H and O–H groups in total. The largest absolute Gasteiger partial charge is 0.393 e. The fraction of sp³-hybridized carbons (Fsp3) is 1.00. The predicted molar refractivity (Wildman–Crippen MR) is 209 cm³/mol. The number of aliphatic hydroxyl groups excluding tert-OH is 1. The van der Waals surface area contributed by atoms with Crippen LogP contribution in [0.5, 0.6) is 0 Å². The van der Waals surface area contributed by atoms with Gasteiger partial charge >= 0.3 is 6.18 Å². The highest BCUT2D eigenvalue weighted by atomic mass is 19.4. The number of ether oxygens (including phenoxy) is 1. The lowest BCUT2D eigenvalue weighted by atomic mass is 9.82. The SMILES string of the molecule is CC(C)(C)CC(C)(C)F.CC(C)(C)CC(C)(F)F.CC(C)(C)CC(F)(F)F.CC(C)(C)CC(F)CO.CC(C)(C)CC(F)F.CC(C)(C)CC1(F)COC1. The molecule has 1 saturated heterocycles. The van der Waals surface area contributed by atoms with E-state index in [0.29, 0.717) is 32.5 Å². The molecule has 0 amide bonds. The molecule has 0 bridgehead atoms. The summed E-state index contributed by atoms with van der Waals surface area (Å²) < 4.78 is 126. The van der Waals surface area contributed by atoms with Crippen molar-refractivity contribution in [2.45, 2.75) is 220 Å². The first-order chi connectivity index (χ1) is 22.9. The molecule has 1 atom stereocenters. The van der Waals surface area contributed by atoms with Gasteiger partial charge in [0.1, 0.15) is 11.8 Å². The first-order valence-corrected chi connectivity index (χ1v) is 18.8. The van der Waals surface area contributed by atoms with Gasteiger partial charge in [-0.3, -0.25) is 0 Å². The third kappa shape index (κ3) is 69.2. The number of aliphatic hydroxyl groups is 1. The summed E-state index contributed by atoms with van der Waals surface area (Å²) in [7, 11) is 0. The molecule has 0 radical (unpaired) electrons. The smallest absolute Gasteiger partial charge is 0.389 e. The van der Waals surface area contributed by atoms with Crippen molar-refractivity contribution >= 4 is 0 Å². The first kappa shape index (κ1) is 62.4. The lowest BCUT2D eigenvalue weighted by molar-refractivity contribution is -0.152. The number of hydrogen-bond donors (Lipinski definition) is 1. The molecule has 1 rings (SSSR count). The van der Waals surface area contributed by atoms with E-state index in [1.165, 1.54) is 0 Å². The van der Waals surface area contributed by atoms with Crippen LogP contribution in [0.1, 0.15) is 184 Å². The van der Waals surface area contributed by atoms with Gasteiger partial charge in [0, 0.05) is 19.3 Å². The van der Waals surface area contributed by atoms with Crippen LogP contribution in [0.3, 0.4) is 0 Å². The zero-order valence-electron chi connectivity index (χ0n) is 38.2. The van der Waals surface area contributed by atoms with Crippen molar-refractivity contribution in [3.8, 4) is 0 Å². The van der Waals surface area contributed by atoms with E-state index in [0.717, 1.165) is 6.92 Å². The quantitative estimate of drug-likeness (QED) is 0.271. The van der Waals surface area contributed by atoms with Crippen molar-refractivity contribution in [1.82, 2.24) is 0 Å². The maximum Gasteiger partial charge on any atom is 0.389 e. The van der Waals surface area contributed by atoms with Crippen LogP contribution in [-0.2, 0) is 4.74 Å². The Morgan fingerprint density at radius 3 is 0.870 bits per heavy atom. The molecule has 0 aromatic carbocycles. The fourth-order valence-electron chi connectivity index (χ4n) is 5.36. The molecule has 54 heavy (non-hydrogen) atoms. The zero-order valence-corrected chi connectivity index (χ0v) is 38.2. The molecule has 1 fully saturated rings. The lowest BCUT2D eigenvalue weighted by Crippen LogP contribution is -2.47. The summed E-state index contributed by atoms with van der Waals surface area (Å²) in [6.45, 7) is 38.2. The van der Waals surface area contributed by atoms with Gasteiger partial charge in [0.05, 0.1) is 19.8 Å². The fourth-order valence-corrected chi connectivity index (χ4v) is 5.36. The molecule has 1 aliphatic rings. The summed E-state index contributed by atoms with van der Waals surface area (Å²) in [4.78, 5) is 0. The second-order valence-electron chi connectivity index (χ2n) is 22.7. The molecule has 0 aromatic heterocycles. The van der Waals surface area contributed by atoms with Gasteiger partial charge in [-0.15, -0.1) is 0 Å². The summed E-state index contributed by atoms with van der Waals surface area (Å²) in [5, 5.41) is 8.32. The average Bonchev–Trinajstić information content (AvgIpc) is 2.68. The van der Waals surface area contributed by atoms with Crippen molar-refractivity contribution in [2.24, 2.45) is 32.5 Å². The van der Waals surface area contributed by atoms with Crippen LogP contribution in [0.2, 0.25) is 0 Å². The zero-order chi connectivity index (χ0) is 45.2. The standard InChI is InChI=1S/C8H15FO.C8H17F.C7H14F2.C7H15FO.C6H11F3.C6H12F2/c1-7(2,3)4-8(9)5-10-6-8;1-7(2,3)6-8(4,5)9;1-6(2,3)5-7(4,8)9;1-7(2,3)4-6(8)5-9;1-5(2,3)4-6(7,8)9;1-6(2,3)4-5(7)8/h4-6H2,1-3H3;6H2,1-5H3;5H2,1-4H3;6,9H,4-5H2,1-3H3;4H2,1-3H3;5H,4H2,1-3H3. The van der Waals surface area contributed by atoms with Crippen LogP contribution in [0, 0.1) is 32.5 Å². The molecule has 1 aliphatic heterocycles. The minimum Gasteiger partial charge on any atom is -0.393 e. The molecular formula is C42H84F10O2. The first-order valence-electron chi connectivity index (χ1n) is 18.8. The van der Waals surface area contributed by atoms with Crippen molar-refractivity contribution in [2.75, 3.05) is 19.8 Å². The highest BCUT2D eigenvalue weighted by Crippen LogP contribution is 2.35. The van der Waals surface area contributed by atoms with E-state index in [9.17, 15) is 43.9 Å². The Labute approximate surface area is 325 Å². The Hall–Kier alpha value is -0.780. The third-order valence-corrected chi connectivity index (χ3v) is 5.89. The molecule has 0 aliphatic carbocycles. The van der Waals surface area contributed by atoms with E-state index >= 15 is 0 Å². The van der Waals surface area contributed by atoms with E-state index in [4.69, 9.17) is 9.84 Å². The van der Waals surface area contributed by atoms with Crippen LogP contribution < -0.4 is 0 Å². The van der Waals surface area contributed by atoms with Gasteiger partial charge in [0.25, 0.3) is 0 Å². The van der Waals surface area contributed by atoms with Gasteiger partial charge in [-0.05, 0) is 72.5 Å². The van der Waals surface area contributed by atoms with E-state index in [1.54, 1.807) is 55.4 Å². The number of hydrogen-bond acceptors (Lipinski definition) is 2. The molecule has 0 aromatic rings. The average molecular weight is 811 g/mol. The Morgan fingerprint density at radius 1 is 0.500 bits per heavy atom. The topological polar surface area (TPSA) is 29.5 Å². The van der Waals surface area contributed by atoms with Gasteiger partial charge in [-0.25, -0.2) is 30.7 Å². The second kappa shape index (κ2) is 24.2. The summed E-state index contributed by atoms with van der Waals surface area (Å²) in [6.07, 6.45) is -6.31. The van der Waals surface area contributed by atoms with Crippen LogP contribution in [0.4, 0.5) is 43.9 Å². The Balaban J connectivity index is -0.000000178. The summed E-state index contributed by atoms with van der Waals surface area (Å²) in [6, 6.07) is 0. The van der Waals surface area contributed by atoms with Crippen molar-refractivity contribution in [3.63, 3.8) is 0 Å². The minimum absolute atomic E-state index is 0.00694. The molecule has 1 unspecified atom stereocenters. The van der Waals surface area contributed by atoms with Crippen LogP contribution in [-0.4, -0.2) is 61.0 Å². The number of rotatable bonds is 6. The Morgan fingerprint density at radius 2 is 0.833 bits per heavy atom. The van der Waals surface area contributed by atoms with Gasteiger partial charge in [0.2, 0.25) is 12.3 Å². The summed E-state index contributed by atoms with van der Waals surface area (Å²) in [5.41, 5.74) is -2.99. The molecule has 0 spiro atoms. The van der Waals surface area contributed by atoms with Crippen LogP contribution in [0.25, 0.3) is 0 Å². The highest BCUT2D eigenvalue weighted by molar-refractivity contribution is 4.89. The summed E-state index contributed by atoms with van der Waals surface area (Å²) >= 11 is 0. The number of alkyl halides is 10. The molecule has 2 nitrogen and oxygen atoms in total. The van der Waals surface area contributed by atoms with Gasteiger partial charge in [0.15, 0.2) is 5.67 Å². The Kier molecular flexibility index (Phi) is 28.0. The Bertz CT molecular complexity index is 807. The maximum atomic E-state index is 13.3. The van der Waals surface area contributed by atoms with Crippen LogP contribution >= 0.6 is 0 Å². The van der Waals surface area contributed by atoms with Crippen molar-refractivity contribution in [1.29, 1.82) is 0 Å². The van der Waals surface area contributed by atoms with Gasteiger partial charge in [-0.1, -0.05) is 125 Å². The second-order valence-corrected chi connectivity index (χ2v) is 22.7. The van der Waals surface area contributed by atoms with E-state index in [2.05, 4.69) is 0 Å². The van der Waals surface area contributed by atoms with Gasteiger partial charge < -0.3 is 9.84 Å². The lowest BCUT2D eigenvalue weighted by Gasteiger charge is -2.38. The molecule has 0 saturated carbocycles. The summed E-state index contributed by atoms with van der Waals surface area (Å²) in [5.74, 6) is -2.52. The third-order valence-electron chi connectivity index (χ3n) is 5.89. The molecular weight excluding hydrogens is 726 g/mol. The molecule has 334 valence electrons. The predicted octanol–water partition coefficient (Wildman–Crippen LogP) is 15.8. The van der Waals surface area contributed by atoms with E-state index in [1.807, 2.05) is 83.1 Å². The van der Waals surface area contributed by atoms with Gasteiger partial charge in [-0.2, -0.15) is 13.2 Å². The van der Waals surface area contributed by atoms with Crippen molar-refractivity contribution in [3.05, 3.63) is 0 Å². The molecule has 1 heterocycles. The molecule has 12 heteroatoms. The van der Waals surface area contributed by atoms with E-state index in [-0.39, 0.29) is 46.5 Å².